The standard InChI is InChI=1S/C21H27BN2O6/c1-15(20(25)23-12-11-17-9-6-10-18(13-17)29-2)21(26)24-19(30-22(27)28)14-16-7-4-3-5-8-16/h3-10,13,15,19,27-28H,11-12,14H2,1-2H3,(H,23,25)(H,24,26)/t15?,19-/m1/s1. The van der Waals surface area contributed by atoms with Crippen molar-refractivity contribution in [3.8, 4) is 5.75 Å². The molecule has 2 aromatic carbocycles. The second-order valence-electron chi connectivity index (χ2n) is 6.76. The van der Waals surface area contributed by atoms with Crippen molar-refractivity contribution in [2.24, 2.45) is 5.92 Å². The minimum Gasteiger partial charge on any atom is -0.497 e. The van der Waals surface area contributed by atoms with E-state index in [1.165, 1.54) is 6.92 Å². The van der Waals surface area contributed by atoms with Crippen LogP contribution in [0.2, 0.25) is 0 Å². The van der Waals surface area contributed by atoms with Gasteiger partial charge in [0.05, 0.1) is 7.11 Å². The summed E-state index contributed by atoms with van der Waals surface area (Å²) in [4.78, 5) is 24.8. The molecule has 0 saturated heterocycles. The molecular formula is C21H27BN2O6. The Hall–Kier alpha value is -2.88. The van der Waals surface area contributed by atoms with E-state index in [-0.39, 0.29) is 6.42 Å². The van der Waals surface area contributed by atoms with E-state index in [9.17, 15) is 9.59 Å². The predicted molar refractivity (Wildman–Crippen MR) is 112 cm³/mol. The summed E-state index contributed by atoms with van der Waals surface area (Å²) in [6, 6.07) is 16.6. The summed E-state index contributed by atoms with van der Waals surface area (Å²) in [6.07, 6.45) is -0.186. The number of hydrogen-bond donors (Lipinski definition) is 4. The molecule has 8 nitrogen and oxygen atoms in total. The maximum absolute atomic E-state index is 12.5. The molecule has 2 aromatic rings. The highest BCUT2D eigenvalue weighted by molar-refractivity contribution is 6.32. The van der Waals surface area contributed by atoms with E-state index < -0.39 is 31.3 Å². The molecule has 160 valence electrons. The van der Waals surface area contributed by atoms with Gasteiger partial charge in [0.15, 0.2) is 0 Å². The smallest absolute Gasteiger partial charge is 0.497 e. The summed E-state index contributed by atoms with van der Waals surface area (Å²) in [5.74, 6) is -1.25. The van der Waals surface area contributed by atoms with Crippen molar-refractivity contribution in [2.45, 2.75) is 26.0 Å². The third kappa shape index (κ3) is 7.86. The SMILES string of the molecule is COc1cccc(CCNC(=O)C(C)C(=O)N[C@@H](Cc2ccccc2)OB(O)O)c1. The van der Waals surface area contributed by atoms with Crippen molar-refractivity contribution in [1.29, 1.82) is 0 Å². The van der Waals surface area contributed by atoms with Crippen molar-refractivity contribution in [2.75, 3.05) is 13.7 Å². The van der Waals surface area contributed by atoms with Crippen LogP contribution in [0.3, 0.4) is 0 Å². The second kappa shape index (κ2) is 12.0. The van der Waals surface area contributed by atoms with Crippen LogP contribution >= 0.6 is 0 Å². The van der Waals surface area contributed by atoms with Gasteiger partial charge in [0.1, 0.15) is 17.9 Å². The third-order valence-corrected chi connectivity index (χ3v) is 4.49. The number of amides is 2. The minimum absolute atomic E-state index is 0.217. The van der Waals surface area contributed by atoms with Gasteiger partial charge in [-0.05, 0) is 36.6 Å². The minimum atomic E-state index is -2.05. The Morgan fingerprint density at radius 1 is 1.03 bits per heavy atom. The molecule has 30 heavy (non-hydrogen) atoms. The first-order valence-electron chi connectivity index (χ1n) is 9.65. The summed E-state index contributed by atoms with van der Waals surface area (Å²) < 4.78 is 10.1. The Morgan fingerprint density at radius 2 is 1.73 bits per heavy atom. The number of rotatable bonds is 11. The van der Waals surface area contributed by atoms with Crippen LogP contribution in [0.1, 0.15) is 18.1 Å². The zero-order chi connectivity index (χ0) is 21.9. The average Bonchev–Trinajstić information content (AvgIpc) is 2.73. The van der Waals surface area contributed by atoms with E-state index in [0.29, 0.717) is 13.0 Å². The van der Waals surface area contributed by atoms with Gasteiger partial charge in [-0.25, -0.2) is 0 Å². The van der Waals surface area contributed by atoms with Crippen molar-refractivity contribution >= 4 is 19.1 Å². The molecule has 1 unspecified atom stereocenters. The number of benzene rings is 2. The Bertz CT molecular complexity index is 818. The van der Waals surface area contributed by atoms with Crippen LogP contribution in [-0.4, -0.2) is 49.1 Å². The van der Waals surface area contributed by atoms with E-state index in [1.807, 2.05) is 54.6 Å². The van der Waals surface area contributed by atoms with Gasteiger partial charge >= 0.3 is 7.32 Å². The molecular weight excluding hydrogens is 387 g/mol. The molecule has 0 aliphatic heterocycles. The lowest BCUT2D eigenvalue weighted by molar-refractivity contribution is -0.136. The normalized spacial score (nSPS) is 12.5. The first-order valence-corrected chi connectivity index (χ1v) is 9.65. The Labute approximate surface area is 176 Å². The van der Waals surface area contributed by atoms with Crippen molar-refractivity contribution in [3.05, 3.63) is 65.7 Å². The molecule has 2 atom stereocenters. The van der Waals surface area contributed by atoms with Crippen LogP contribution in [0.5, 0.6) is 5.75 Å². The number of carbonyl (C=O) groups excluding carboxylic acids is 2. The monoisotopic (exact) mass is 414 g/mol. The lowest BCUT2D eigenvalue weighted by Gasteiger charge is -2.21. The van der Waals surface area contributed by atoms with E-state index in [4.69, 9.17) is 19.4 Å². The Kier molecular flexibility index (Phi) is 9.33. The van der Waals surface area contributed by atoms with Gasteiger partial charge < -0.3 is 30.1 Å². The zero-order valence-corrected chi connectivity index (χ0v) is 17.1. The van der Waals surface area contributed by atoms with Gasteiger partial charge in [-0.1, -0.05) is 42.5 Å². The van der Waals surface area contributed by atoms with Crippen LogP contribution in [-0.2, 0) is 27.1 Å². The van der Waals surface area contributed by atoms with E-state index in [0.717, 1.165) is 16.9 Å². The van der Waals surface area contributed by atoms with Crippen molar-refractivity contribution in [3.63, 3.8) is 0 Å². The first-order chi connectivity index (χ1) is 14.4. The molecule has 0 aromatic heterocycles. The molecule has 0 bridgehead atoms. The van der Waals surface area contributed by atoms with Crippen LogP contribution in [0.25, 0.3) is 0 Å². The fraction of sp³-hybridized carbons (Fsp3) is 0.333. The molecule has 0 radical (unpaired) electrons. The highest BCUT2D eigenvalue weighted by Gasteiger charge is 2.26. The molecule has 0 fully saturated rings. The zero-order valence-electron chi connectivity index (χ0n) is 17.1. The van der Waals surface area contributed by atoms with Gasteiger partial charge in [0.2, 0.25) is 11.8 Å². The van der Waals surface area contributed by atoms with Gasteiger partial charge in [0, 0.05) is 13.0 Å². The fourth-order valence-corrected chi connectivity index (χ4v) is 2.82. The number of ether oxygens (including phenoxy) is 1. The molecule has 0 heterocycles. The summed E-state index contributed by atoms with van der Waals surface area (Å²) in [5.41, 5.74) is 1.83. The lowest BCUT2D eigenvalue weighted by atomic mass is 10.1. The van der Waals surface area contributed by atoms with Gasteiger partial charge in [-0.15, -0.1) is 0 Å². The largest absolute Gasteiger partial charge is 0.635 e. The summed E-state index contributed by atoms with van der Waals surface area (Å²) in [6.45, 7) is 1.84. The lowest BCUT2D eigenvalue weighted by Crippen LogP contribution is -2.47. The summed E-state index contributed by atoms with van der Waals surface area (Å²) >= 11 is 0. The maximum atomic E-state index is 12.5. The maximum Gasteiger partial charge on any atom is 0.635 e. The third-order valence-electron chi connectivity index (χ3n) is 4.49. The highest BCUT2D eigenvalue weighted by Crippen LogP contribution is 2.12. The summed E-state index contributed by atoms with van der Waals surface area (Å²) in [5, 5.41) is 23.5. The van der Waals surface area contributed by atoms with Gasteiger partial charge in [-0.2, -0.15) is 0 Å². The molecule has 9 heteroatoms. The van der Waals surface area contributed by atoms with E-state index in [1.54, 1.807) is 7.11 Å². The van der Waals surface area contributed by atoms with Crippen LogP contribution < -0.4 is 15.4 Å². The van der Waals surface area contributed by atoms with E-state index in [2.05, 4.69) is 10.6 Å². The molecule has 0 saturated carbocycles. The summed E-state index contributed by atoms with van der Waals surface area (Å²) in [7, 11) is -0.461. The molecule has 0 spiro atoms. The molecule has 0 aliphatic carbocycles. The van der Waals surface area contributed by atoms with Crippen LogP contribution in [0.15, 0.2) is 54.6 Å². The Balaban J connectivity index is 1.85. The molecule has 0 aliphatic rings. The van der Waals surface area contributed by atoms with Crippen LogP contribution in [0.4, 0.5) is 0 Å². The van der Waals surface area contributed by atoms with E-state index >= 15 is 0 Å². The Morgan fingerprint density at radius 3 is 2.40 bits per heavy atom. The number of methoxy groups -OCH3 is 1. The number of carbonyl (C=O) groups is 2. The number of hydrogen-bond acceptors (Lipinski definition) is 6. The van der Waals surface area contributed by atoms with Crippen molar-refractivity contribution < 1.29 is 29.0 Å². The number of nitrogens with one attached hydrogen (secondary N) is 2. The molecule has 2 rings (SSSR count). The van der Waals surface area contributed by atoms with Crippen molar-refractivity contribution in [1.82, 2.24) is 10.6 Å². The average molecular weight is 414 g/mol. The van der Waals surface area contributed by atoms with Gasteiger partial charge in [0.25, 0.3) is 0 Å². The first kappa shape index (κ1) is 23.4. The predicted octanol–water partition coefficient (Wildman–Crippen LogP) is 0.661. The quantitative estimate of drug-likeness (QED) is 0.244. The molecule has 2 amide bonds. The van der Waals surface area contributed by atoms with Gasteiger partial charge in [-0.3, -0.25) is 9.59 Å². The molecule has 4 N–H and O–H groups in total. The second-order valence-corrected chi connectivity index (χ2v) is 6.76. The topological polar surface area (TPSA) is 117 Å². The highest BCUT2D eigenvalue weighted by atomic mass is 16.6. The van der Waals surface area contributed by atoms with Crippen LogP contribution in [0, 0.1) is 5.92 Å². The fourth-order valence-electron chi connectivity index (χ4n) is 2.82.